The Morgan fingerprint density at radius 1 is 1.20 bits per heavy atom. The van der Waals surface area contributed by atoms with Crippen LogP contribution in [-0.2, 0) is 0 Å². The minimum Gasteiger partial charge on any atom is -0.317 e. The van der Waals surface area contributed by atoms with Gasteiger partial charge in [0, 0.05) is 22.0 Å². The van der Waals surface area contributed by atoms with E-state index in [4.69, 9.17) is 0 Å². The van der Waals surface area contributed by atoms with E-state index in [0.29, 0.717) is 15.9 Å². The van der Waals surface area contributed by atoms with Crippen LogP contribution < -0.4 is 10.6 Å². The lowest BCUT2D eigenvalue weighted by Gasteiger charge is -2.20. The van der Waals surface area contributed by atoms with Crippen LogP contribution in [0.3, 0.4) is 0 Å². The van der Waals surface area contributed by atoms with Crippen molar-refractivity contribution in [3.63, 3.8) is 0 Å². The number of aromatic nitrogens is 2. The highest BCUT2D eigenvalue weighted by molar-refractivity contribution is 7.18. The van der Waals surface area contributed by atoms with Gasteiger partial charge in [0.25, 0.3) is 5.91 Å². The fourth-order valence-electron chi connectivity index (χ4n) is 2.70. The fraction of sp³-hybridized carbons (Fsp3) is 0.312. The average Bonchev–Trinajstić information content (AvgIpc) is 3.36. The highest BCUT2D eigenvalue weighted by Gasteiger charge is 2.19. The summed E-state index contributed by atoms with van der Waals surface area (Å²) in [5, 5.41) is 11.9. The van der Waals surface area contributed by atoms with Crippen LogP contribution >= 0.6 is 46.4 Å². The highest BCUT2D eigenvalue weighted by Crippen LogP contribution is 2.32. The molecule has 0 unspecified atom stereocenters. The van der Waals surface area contributed by atoms with Gasteiger partial charge in [-0.2, -0.15) is 11.3 Å². The van der Waals surface area contributed by atoms with Gasteiger partial charge in [-0.1, -0.05) is 0 Å². The molecule has 4 rings (SSSR count). The first kappa shape index (κ1) is 18.5. The number of thiazole rings is 2. The van der Waals surface area contributed by atoms with Crippen LogP contribution in [-0.4, -0.2) is 29.0 Å². The lowest BCUT2D eigenvalue weighted by atomic mass is 9.97. The van der Waals surface area contributed by atoms with E-state index < -0.39 is 0 Å². The zero-order chi connectivity index (χ0) is 16.4. The number of piperidine rings is 1. The molecule has 3 aromatic heterocycles. The molecule has 2 N–H and O–H groups in total. The zero-order valence-electron chi connectivity index (χ0n) is 13.2. The number of halogens is 1. The molecule has 0 aromatic carbocycles. The Kier molecular flexibility index (Phi) is 6.19. The van der Waals surface area contributed by atoms with Crippen LogP contribution in [0.1, 0.15) is 33.3 Å². The van der Waals surface area contributed by atoms with Gasteiger partial charge in [-0.15, -0.1) is 35.1 Å². The van der Waals surface area contributed by atoms with E-state index >= 15 is 0 Å². The van der Waals surface area contributed by atoms with E-state index in [0.717, 1.165) is 36.5 Å². The molecule has 1 fully saturated rings. The maximum atomic E-state index is 12.4. The van der Waals surface area contributed by atoms with E-state index in [1.165, 1.54) is 16.2 Å². The van der Waals surface area contributed by atoms with E-state index in [1.807, 2.05) is 23.0 Å². The van der Waals surface area contributed by atoms with Crippen molar-refractivity contribution < 1.29 is 4.79 Å². The summed E-state index contributed by atoms with van der Waals surface area (Å²) in [5.41, 5.74) is 1.06. The molecule has 0 aliphatic carbocycles. The number of rotatable bonds is 4. The molecular weight excluding hydrogens is 396 g/mol. The van der Waals surface area contributed by atoms with Crippen molar-refractivity contribution in [2.24, 2.45) is 0 Å². The van der Waals surface area contributed by atoms with Crippen molar-refractivity contribution in [1.29, 1.82) is 0 Å². The van der Waals surface area contributed by atoms with E-state index in [2.05, 4.69) is 20.6 Å². The first-order chi connectivity index (χ1) is 11.8. The summed E-state index contributed by atoms with van der Waals surface area (Å²) in [6, 6.07) is 2.01. The molecule has 0 spiro atoms. The summed E-state index contributed by atoms with van der Waals surface area (Å²) >= 11 is 4.61. The topological polar surface area (TPSA) is 66.9 Å². The molecule has 1 aliphatic heterocycles. The van der Waals surface area contributed by atoms with Gasteiger partial charge < -0.3 is 5.32 Å². The second-order valence-electron chi connectivity index (χ2n) is 5.59. The first-order valence-electron chi connectivity index (χ1n) is 7.76. The van der Waals surface area contributed by atoms with Gasteiger partial charge in [0.2, 0.25) is 0 Å². The molecule has 1 aliphatic rings. The lowest BCUT2D eigenvalue weighted by Crippen LogP contribution is -2.26. The lowest BCUT2D eigenvalue weighted by molar-refractivity contribution is 0.103. The largest absolute Gasteiger partial charge is 0.317 e. The van der Waals surface area contributed by atoms with Crippen molar-refractivity contribution >= 4 is 57.5 Å². The van der Waals surface area contributed by atoms with Crippen LogP contribution in [0.15, 0.2) is 29.2 Å². The third-order valence-electron chi connectivity index (χ3n) is 3.98. The van der Waals surface area contributed by atoms with Crippen molar-refractivity contribution in [3.05, 3.63) is 39.0 Å². The van der Waals surface area contributed by atoms with Gasteiger partial charge in [0.1, 0.15) is 9.88 Å². The van der Waals surface area contributed by atoms with Crippen LogP contribution in [0.25, 0.3) is 10.6 Å². The summed E-state index contributed by atoms with van der Waals surface area (Å²) < 4.78 is 0. The van der Waals surface area contributed by atoms with Gasteiger partial charge in [0.05, 0.1) is 6.20 Å². The number of amides is 1. The Labute approximate surface area is 164 Å². The molecule has 1 amide bonds. The molecule has 1 saturated heterocycles. The molecule has 0 saturated carbocycles. The SMILES string of the molecule is Cl.O=C(Nc1ncc(C2CCNCC2)s1)c1cnc(-c2ccsc2)s1. The smallest absolute Gasteiger partial charge is 0.269 e. The molecule has 4 heterocycles. The number of nitrogens with one attached hydrogen (secondary N) is 2. The maximum absolute atomic E-state index is 12.4. The number of thiophene rings is 1. The van der Waals surface area contributed by atoms with Crippen LogP contribution in [0.4, 0.5) is 5.13 Å². The van der Waals surface area contributed by atoms with Crippen molar-refractivity contribution in [1.82, 2.24) is 15.3 Å². The van der Waals surface area contributed by atoms with Gasteiger partial charge in [-0.25, -0.2) is 9.97 Å². The maximum Gasteiger partial charge on any atom is 0.269 e. The third kappa shape index (κ3) is 4.27. The summed E-state index contributed by atoms with van der Waals surface area (Å²) in [4.78, 5) is 23.0. The first-order valence-corrected chi connectivity index (χ1v) is 10.3. The summed E-state index contributed by atoms with van der Waals surface area (Å²) in [5.74, 6) is 0.420. The Hall–Kier alpha value is -1.32. The fourth-order valence-corrected chi connectivity index (χ4v) is 5.20. The van der Waals surface area contributed by atoms with Crippen molar-refractivity contribution in [2.45, 2.75) is 18.8 Å². The molecule has 25 heavy (non-hydrogen) atoms. The number of hydrogen-bond donors (Lipinski definition) is 2. The molecule has 0 bridgehead atoms. The van der Waals surface area contributed by atoms with Crippen molar-refractivity contribution in [3.8, 4) is 10.6 Å². The number of anilines is 1. The van der Waals surface area contributed by atoms with Crippen LogP contribution in [0.2, 0.25) is 0 Å². The Bertz CT molecular complexity index is 824. The van der Waals surface area contributed by atoms with E-state index in [1.54, 1.807) is 28.9 Å². The van der Waals surface area contributed by atoms with Crippen LogP contribution in [0, 0.1) is 0 Å². The van der Waals surface area contributed by atoms with Crippen molar-refractivity contribution in [2.75, 3.05) is 18.4 Å². The van der Waals surface area contributed by atoms with Gasteiger partial charge in [-0.05, 0) is 43.3 Å². The zero-order valence-corrected chi connectivity index (χ0v) is 16.5. The van der Waals surface area contributed by atoms with Gasteiger partial charge >= 0.3 is 0 Å². The molecule has 3 aromatic rings. The Morgan fingerprint density at radius 2 is 2.04 bits per heavy atom. The number of carbonyl (C=O) groups excluding carboxylic acids is 1. The summed E-state index contributed by atoms with van der Waals surface area (Å²) in [7, 11) is 0. The molecule has 5 nitrogen and oxygen atoms in total. The van der Waals surface area contributed by atoms with E-state index in [9.17, 15) is 4.79 Å². The summed E-state index contributed by atoms with van der Waals surface area (Å²) in [6.45, 7) is 2.10. The minimum absolute atomic E-state index is 0. The molecule has 9 heteroatoms. The monoisotopic (exact) mass is 412 g/mol. The van der Waals surface area contributed by atoms with E-state index in [-0.39, 0.29) is 18.3 Å². The Morgan fingerprint density at radius 3 is 2.80 bits per heavy atom. The minimum atomic E-state index is -0.139. The normalized spacial score (nSPS) is 14.9. The van der Waals surface area contributed by atoms with Crippen LogP contribution in [0.5, 0.6) is 0 Å². The molecule has 0 atom stereocenters. The second kappa shape index (κ2) is 8.37. The number of carbonyl (C=O) groups is 1. The predicted molar refractivity (Wildman–Crippen MR) is 108 cm³/mol. The average molecular weight is 413 g/mol. The molecule has 132 valence electrons. The highest BCUT2D eigenvalue weighted by atomic mass is 35.5. The predicted octanol–water partition coefficient (Wildman–Crippen LogP) is 4.47. The second-order valence-corrected chi connectivity index (χ2v) is 8.46. The van der Waals surface area contributed by atoms with Gasteiger partial charge in [0.15, 0.2) is 5.13 Å². The third-order valence-corrected chi connectivity index (χ3v) is 6.79. The standard InChI is InChI=1S/C16H16N4OS3.ClH/c21-14(13-8-18-15(23-13)11-3-6-22-9-11)20-16-19-7-12(24-16)10-1-4-17-5-2-10;/h3,6-10,17H,1-2,4-5H2,(H,19,20,21);1H. The summed E-state index contributed by atoms with van der Waals surface area (Å²) in [6.07, 6.45) is 5.80. The quantitative estimate of drug-likeness (QED) is 0.663. The Balaban J connectivity index is 0.00000182. The molecule has 0 radical (unpaired) electrons. The number of nitrogens with zero attached hydrogens (tertiary/aromatic N) is 2. The molecular formula is C16H17ClN4OS3. The number of hydrogen-bond acceptors (Lipinski definition) is 7. The van der Waals surface area contributed by atoms with Gasteiger partial charge in [-0.3, -0.25) is 10.1 Å².